The third kappa shape index (κ3) is 4.70. The second kappa shape index (κ2) is 6.24. The normalized spacial score (nSPS) is 10.3. The quantitative estimate of drug-likeness (QED) is 0.662. The molecule has 0 aliphatic carbocycles. The lowest BCUT2D eigenvalue weighted by molar-refractivity contribution is -0.118. The number of amides is 1. The first-order chi connectivity index (χ1) is 6.79. The van der Waals surface area contributed by atoms with E-state index in [1.807, 2.05) is 12.1 Å². The fourth-order valence-electron chi connectivity index (χ4n) is 1.47. The van der Waals surface area contributed by atoms with Gasteiger partial charge in [-0.15, -0.1) is 0 Å². The number of nitrogens with two attached hydrogens (primary N) is 1. The van der Waals surface area contributed by atoms with E-state index in [2.05, 4.69) is 17.0 Å². The van der Waals surface area contributed by atoms with Crippen LogP contribution in [0.3, 0.4) is 0 Å². The molecule has 0 saturated carbocycles. The molecule has 1 heterocycles. The van der Waals surface area contributed by atoms with Crippen molar-refractivity contribution < 1.29 is 4.79 Å². The molecule has 0 aromatic carbocycles. The van der Waals surface area contributed by atoms with Crippen LogP contribution in [0, 0.1) is 0 Å². The van der Waals surface area contributed by atoms with Gasteiger partial charge in [0.2, 0.25) is 5.91 Å². The van der Waals surface area contributed by atoms with Crippen LogP contribution in [-0.4, -0.2) is 10.5 Å². The van der Waals surface area contributed by atoms with E-state index in [1.54, 1.807) is 0 Å². The zero-order valence-corrected chi connectivity index (χ0v) is 8.48. The Balaban J connectivity index is 1.92. The molecule has 1 aromatic rings. The molecule has 3 nitrogen and oxygen atoms in total. The molecule has 0 spiro atoms. The Labute approximate surface area is 84.9 Å². The minimum atomic E-state index is -0.185. The molecule has 0 aliphatic heterocycles. The fourth-order valence-corrected chi connectivity index (χ4v) is 1.47. The predicted octanol–water partition coefficient (Wildman–Crippen LogP) is 1.92. The summed E-state index contributed by atoms with van der Waals surface area (Å²) < 4.78 is 2.17. The molecule has 0 unspecified atom stereocenters. The van der Waals surface area contributed by atoms with Gasteiger partial charge in [-0.1, -0.05) is 12.8 Å². The van der Waals surface area contributed by atoms with E-state index in [4.69, 9.17) is 5.73 Å². The van der Waals surface area contributed by atoms with Gasteiger partial charge in [0, 0.05) is 25.4 Å². The SMILES string of the molecule is NC(=O)CCCCCCn1cccc1. The minimum absolute atomic E-state index is 0.185. The molecule has 1 amide bonds. The van der Waals surface area contributed by atoms with Crippen LogP contribution in [0.2, 0.25) is 0 Å². The molecule has 3 heteroatoms. The number of unbranched alkanes of at least 4 members (excludes halogenated alkanes) is 3. The highest BCUT2D eigenvalue weighted by Gasteiger charge is 1.94. The second-order valence-electron chi connectivity index (χ2n) is 3.55. The van der Waals surface area contributed by atoms with E-state index in [9.17, 15) is 4.79 Å². The number of aryl methyl sites for hydroxylation is 1. The maximum absolute atomic E-state index is 10.4. The van der Waals surface area contributed by atoms with Gasteiger partial charge in [0.05, 0.1) is 0 Å². The highest BCUT2D eigenvalue weighted by Crippen LogP contribution is 2.04. The van der Waals surface area contributed by atoms with Gasteiger partial charge in [-0.25, -0.2) is 0 Å². The summed E-state index contributed by atoms with van der Waals surface area (Å²) in [6.45, 7) is 1.07. The third-order valence-corrected chi connectivity index (χ3v) is 2.26. The Morgan fingerprint density at radius 1 is 1.07 bits per heavy atom. The Kier molecular flexibility index (Phi) is 4.83. The summed E-state index contributed by atoms with van der Waals surface area (Å²) in [5, 5.41) is 0. The zero-order valence-electron chi connectivity index (χ0n) is 8.48. The lowest BCUT2D eigenvalue weighted by atomic mass is 10.1. The number of hydrogen-bond acceptors (Lipinski definition) is 1. The fraction of sp³-hybridized carbons (Fsp3) is 0.545. The van der Waals surface area contributed by atoms with Crippen molar-refractivity contribution in [2.75, 3.05) is 0 Å². The average molecular weight is 194 g/mol. The molecule has 2 N–H and O–H groups in total. The van der Waals surface area contributed by atoms with E-state index >= 15 is 0 Å². The molecule has 1 aromatic heterocycles. The largest absolute Gasteiger partial charge is 0.370 e. The Hall–Kier alpha value is -1.25. The summed E-state index contributed by atoms with van der Waals surface area (Å²) in [5.74, 6) is -0.185. The number of carbonyl (C=O) groups excluding carboxylic acids is 1. The Bertz CT molecular complexity index is 254. The molecule has 0 radical (unpaired) electrons. The number of carbonyl (C=O) groups is 1. The molecular weight excluding hydrogens is 176 g/mol. The molecule has 0 fully saturated rings. The summed E-state index contributed by atoms with van der Waals surface area (Å²) in [6.07, 6.45) is 9.06. The molecule has 78 valence electrons. The lowest BCUT2D eigenvalue weighted by Gasteiger charge is -2.02. The maximum Gasteiger partial charge on any atom is 0.217 e. The maximum atomic E-state index is 10.4. The number of hydrogen-bond donors (Lipinski definition) is 1. The van der Waals surface area contributed by atoms with Gasteiger partial charge in [0.25, 0.3) is 0 Å². The van der Waals surface area contributed by atoms with Crippen LogP contribution in [0.4, 0.5) is 0 Å². The summed E-state index contributed by atoms with van der Waals surface area (Å²) in [5.41, 5.74) is 5.04. The van der Waals surface area contributed by atoms with Crippen molar-refractivity contribution in [2.45, 2.75) is 38.6 Å². The highest BCUT2D eigenvalue weighted by atomic mass is 16.1. The third-order valence-electron chi connectivity index (χ3n) is 2.26. The van der Waals surface area contributed by atoms with Gasteiger partial charge in [-0.05, 0) is 25.0 Å². The van der Waals surface area contributed by atoms with E-state index in [0.29, 0.717) is 6.42 Å². The molecule has 0 saturated heterocycles. The number of rotatable bonds is 7. The van der Waals surface area contributed by atoms with Gasteiger partial charge in [-0.3, -0.25) is 4.79 Å². The molecule has 0 atom stereocenters. The van der Waals surface area contributed by atoms with Crippen molar-refractivity contribution in [3.63, 3.8) is 0 Å². The van der Waals surface area contributed by atoms with Crippen LogP contribution >= 0.6 is 0 Å². The molecular formula is C11H18N2O. The minimum Gasteiger partial charge on any atom is -0.370 e. The van der Waals surface area contributed by atoms with Crippen molar-refractivity contribution in [3.05, 3.63) is 24.5 Å². The van der Waals surface area contributed by atoms with Crippen LogP contribution in [0.1, 0.15) is 32.1 Å². The zero-order chi connectivity index (χ0) is 10.2. The van der Waals surface area contributed by atoms with Gasteiger partial charge >= 0.3 is 0 Å². The van der Waals surface area contributed by atoms with E-state index in [-0.39, 0.29) is 5.91 Å². The van der Waals surface area contributed by atoms with Crippen LogP contribution < -0.4 is 5.73 Å². The van der Waals surface area contributed by atoms with Crippen molar-refractivity contribution in [1.29, 1.82) is 0 Å². The van der Waals surface area contributed by atoms with Gasteiger partial charge in [-0.2, -0.15) is 0 Å². The summed E-state index contributed by atoms with van der Waals surface area (Å²) in [7, 11) is 0. The number of primary amides is 1. The molecule has 0 bridgehead atoms. The van der Waals surface area contributed by atoms with Crippen LogP contribution in [-0.2, 0) is 11.3 Å². The van der Waals surface area contributed by atoms with Crippen molar-refractivity contribution in [1.82, 2.24) is 4.57 Å². The topological polar surface area (TPSA) is 48.0 Å². The van der Waals surface area contributed by atoms with E-state index < -0.39 is 0 Å². The van der Waals surface area contributed by atoms with Crippen LogP contribution in [0.15, 0.2) is 24.5 Å². The smallest absolute Gasteiger partial charge is 0.217 e. The highest BCUT2D eigenvalue weighted by molar-refractivity contribution is 5.73. The van der Waals surface area contributed by atoms with E-state index in [1.165, 1.54) is 12.8 Å². The Morgan fingerprint density at radius 3 is 2.36 bits per heavy atom. The molecule has 0 aliphatic rings. The van der Waals surface area contributed by atoms with Crippen LogP contribution in [0.25, 0.3) is 0 Å². The molecule has 14 heavy (non-hydrogen) atoms. The van der Waals surface area contributed by atoms with Crippen LogP contribution in [0.5, 0.6) is 0 Å². The first-order valence-corrected chi connectivity index (χ1v) is 5.18. The number of aromatic nitrogens is 1. The van der Waals surface area contributed by atoms with Crippen molar-refractivity contribution in [3.8, 4) is 0 Å². The van der Waals surface area contributed by atoms with Gasteiger partial charge in [0.1, 0.15) is 0 Å². The van der Waals surface area contributed by atoms with Crippen molar-refractivity contribution in [2.24, 2.45) is 5.73 Å². The van der Waals surface area contributed by atoms with Gasteiger partial charge in [0.15, 0.2) is 0 Å². The summed E-state index contributed by atoms with van der Waals surface area (Å²) >= 11 is 0. The van der Waals surface area contributed by atoms with Crippen molar-refractivity contribution >= 4 is 5.91 Å². The van der Waals surface area contributed by atoms with Gasteiger partial charge < -0.3 is 10.3 Å². The Morgan fingerprint density at radius 2 is 1.71 bits per heavy atom. The second-order valence-corrected chi connectivity index (χ2v) is 3.55. The molecule has 1 rings (SSSR count). The summed E-state index contributed by atoms with van der Waals surface area (Å²) in [6, 6.07) is 4.07. The first-order valence-electron chi connectivity index (χ1n) is 5.18. The average Bonchev–Trinajstić information content (AvgIpc) is 2.63. The standard InChI is InChI=1S/C11H18N2O/c12-11(14)7-3-1-2-4-8-13-9-5-6-10-13/h5-6,9-10H,1-4,7-8H2,(H2,12,14). The number of nitrogens with zero attached hydrogens (tertiary/aromatic N) is 1. The predicted molar refractivity (Wildman–Crippen MR) is 56.7 cm³/mol. The monoisotopic (exact) mass is 194 g/mol. The first kappa shape index (κ1) is 10.8. The lowest BCUT2D eigenvalue weighted by Crippen LogP contribution is -2.09. The van der Waals surface area contributed by atoms with E-state index in [0.717, 1.165) is 19.4 Å². The summed E-state index contributed by atoms with van der Waals surface area (Å²) in [4.78, 5) is 10.4.